The van der Waals surface area contributed by atoms with E-state index in [2.05, 4.69) is 20.0 Å². The SMILES string of the molecule is CC(=O)ON1C(=O)CC(S(=O)(=O)[O-])C1=O.CC(=O)ON1C(=O)CCC1=O.CC(=O)On1nnc2ccccc21. The van der Waals surface area contributed by atoms with Gasteiger partial charge in [-0.3, -0.25) is 19.2 Å². The number of carbonyl (C=O) groups is 7. The zero-order valence-corrected chi connectivity index (χ0v) is 21.3. The summed E-state index contributed by atoms with van der Waals surface area (Å²) < 4.78 is 31.6. The molecular weight excluding hydrogens is 550 g/mol. The fourth-order valence-electron chi connectivity index (χ4n) is 2.86. The van der Waals surface area contributed by atoms with E-state index in [9.17, 15) is 46.5 Å². The second-order valence-electron chi connectivity index (χ2n) is 7.49. The van der Waals surface area contributed by atoms with E-state index in [4.69, 9.17) is 4.84 Å². The lowest BCUT2D eigenvalue weighted by Crippen LogP contribution is -2.36. The molecule has 0 saturated carbocycles. The quantitative estimate of drug-likeness (QED) is 0.223. The van der Waals surface area contributed by atoms with Crippen LogP contribution in [0.3, 0.4) is 0 Å². The molecule has 2 aliphatic heterocycles. The van der Waals surface area contributed by atoms with E-state index in [0.717, 1.165) is 18.7 Å². The van der Waals surface area contributed by atoms with E-state index >= 15 is 0 Å². The number of imide groups is 2. The molecule has 18 nitrogen and oxygen atoms in total. The Hall–Kier alpha value is -4.78. The van der Waals surface area contributed by atoms with Crippen LogP contribution in [0.25, 0.3) is 11.0 Å². The summed E-state index contributed by atoms with van der Waals surface area (Å²) in [4.78, 5) is 89.4. The largest absolute Gasteiger partial charge is 0.747 e. The van der Waals surface area contributed by atoms with Gasteiger partial charge in [-0.25, -0.2) is 22.8 Å². The summed E-state index contributed by atoms with van der Waals surface area (Å²) in [5.74, 6) is -5.30. The maximum atomic E-state index is 11.1. The van der Waals surface area contributed by atoms with Crippen LogP contribution in [-0.4, -0.2) is 85.0 Å². The predicted molar refractivity (Wildman–Crippen MR) is 119 cm³/mol. The zero-order valence-electron chi connectivity index (χ0n) is 20.5. The molecule has 0 radical (unpaired) electrons. The third-order valence-electron chi connectivity index (χ3n) is 4.39. The minimum absolute atomic E-state index is 0.00243. The summed E-state index contributed by atoms with van der Waals surface area (Å²) >= 11 is 0. The first-order chi connectivity index (χ1) is 18.1. The Balaban J connectivity index is 0.000000208. The van der Waals surface area contributed by atoms with Crippen molar-refractivity contribution in [1.82, 2.24) is 25.3 Å². The van der Waals surface area contributed by atoms with Crippen LogP contribution >= 0.6 is 0 Å². The van der Waals surface area contributed by atoms with Crippen molar-refractivity contribution in [3.8, 4) is 0 Å². The topological polar surface area (TPSA) is 242 Å². The van der Waals surface area contributed by atoms with E-state index in [0.29, 0.717) is 16.1 Å². The van der Waals surface area contributed by atoms with Crippen molar-refractivity contribution in [3.05, 3.63) is 24.3 Å². The number of carbonyl (C=O) groups excluding carboxylic acids is 7. The van der Waals surface area contributed by atoms with Gasteiger partial charge in [-0.15, -0.1) is 15.2 Å². The highest BCUT2D eigenvalue weighted by Gasteiger charge is 2.45. The van der Waals surface area contributed by atoms with Crippen LogP contribution in [0.4, 0.5) is 0 Å². The molecule has 0 N–H and O–H groups in total. The van der Waals surface area contributed by atoms with Gasteiger partial charge in [0.1, 0.15) is 26.4 Å². The van der Waals surface area contributed by atoms with Gasteiger partial charge >= 0.3 is 17.9 Å². The molecule has 1 aromatic carbocycles. The third-order valence-corrected chi connectivity index (χ3v) is 5.46. The van der Waals surface area contributed by atoms with E-state index in [1.54, 1.807) is 12.1 Å². The third kappa shape index (κ3) is 8.36. The van der Waals surface area contributed by atoms with Crippen molar-refractivity contribution in [2.45, 2.75) is 45.3 Å². The molecule has 0 aliphatic carbocycles. The number of para-hydroxylation sites is 1. The van der Waals surface area contributed by atoms with Crippen molar-refractivity contribution in [3.63, 3.8) is 0 Å². The van der Waals surface area contributed by atoms with Gasteiger partial charge in [-0.2, -0.15) is 0 Å². The van der Waals surface area contributed by atoms with Gasteiger partial charge in [0, 0.05) is 33.6 Å². The van der Waals surface area contributed by atoms with Crippen LogP contribution < -0.4 is 4.84 Å². The summed E-state index contributed by atoms with van der Waals surface area (Å²) in [6.07, 6.45) is -0.532. The number of benzene rings is 1. The highest BCUT2D eigenvalue weighted by molar-refractivity contribution is 7.87. The van der Waals surface area contributed by atoms with E-state index in [1.807, 2.05) is 12.1 Å². The molecule has 1 unspecified atom stereocenters. The molecule has 2 fully saturated rings. The Morgan fingerprint density at radius 2 is 1.36 bits per heavy atom. The van der Waals surface area contributed by atoms with Gasteiger partial charge in [0.2, 0.25) is 0 Å². The molecular formula is C20H20N5O13S-. The van der Waals surface area contributed by atoms with Crippen LogP contribution in [0.15, 0.2) is 24.3 Å². The molecule has 0 bridgehead atoms. The Labute approximate surface area is 218 Å². The lowest BCUT2D eigenvalue weighted by Gasteiger charge is -2.14. The number of rotatable bonds is 4. The number of nitrogens with zero attached hydrogens (tertiary/aromatic N) is 5. The standard InChI is InChI=1S/C8H7N3O2.C6H7NO7S.C6H7NO4/c1-6(12)13-11-8-5-3-2-4-7(8)9-10-11;1-3(8)14-7-5(9)2-4(6(7)10)15(11,12)13;1-4(8)11-7-5(9)2-3-6(7)10/h2-5H,1H3;4H,2H2,1H3,(H,11,12,13);2-3H2,1H3/p-1. The Morgan fingerprint density at radius 3 is 1.85 bits per heavy atom. The van der Waals surface area contributed by atoms with E-state index in [-0.39, 0.29) is 17.9 Å². The van der Waals surface area contributed by atoms with Crippen LogP contribution in [0.2, 0.25) is 0 Å². The number of hydrogen-bond donors (Lipinski definition) is 0. The van der Waals surface area contributed by atoms with Crippen molar-refractivity contribution in [2.24, 2.45) is 0 Å². The number of fused-ring (bicyclic) bond motifs is 1. The Morgan fingerprint density at radius 1 is 0.846 bits per heavy atom. The fourth-order valence-corrected chi connectivity index (χ4v) is 3.54. The highest BCUT2D eigenvalue weighted by atomic mass is 32.2. The second-order valence-corrected chi connectivity index (χ2v) is 9.05. The monoisotopic (exact) mass is 570 g/mol. The van der Waals surface area contributed by atoms with Crippen molar-refractivity contribution in [2.75, 3.05) is 0 Å². The first kappa shape index (κ1) is 30.4. The maximum absolute atomic E-state index is 11.1. The van der Waals surface area contributed by atoms with Crippen LogP contribution in [0.1, 0.15) is 40.0 Å². The van der Waals surface area contributed by atoms with Gasteiger partial charge < -0.3 is 19.1 Å². The molecule has 39 heavy (non-hydrogen) atoms. The van der Waals surface area contributed by atoms with Gasteiger partial charge in [0.05, 0.1) is 6.42 Å². The first-order valence-corrected chi connectivity index (χ1v) is 12.1. The van der Waals surface area contributed by atoms with Crippen molar-refractivity contribution < 1.29 is 61.0 Å². The molecule has 3 heterocycles. The first-order valence-electron chi connectivity index (χ1n) is 10.7. The molecule has 0 spiro atoms. The lowest BCUT2D eigenvalue weighted by molar-refractivity contribution is -0.195. The molecule has 4 amide bonds. The lowest BCUT2D eigenvalue weighted by atomic mass is 10.3. The predicted octanol–water partition coefficient (Wildman–Crippen LogP) is -1.84. The number of aromatic nitrogens is 3. The van der Waals surface area contributed by atoms with Crippen molar-refractivity contribution in [1.29, 1.82) is 0 Å². The highest BCUT2D eigenvalue weighted by Crippen LogP contribution is 2.19. The number of hydrogen-bond acceptors (Lipinski definition) is 15. The summed E-state index contributed by atoms with van der Waals surface area (Å²) in [6, 6.07) is 7.24. The summed E-state index contributed by atoms with van der Waals surface area (Å²) in [5.41, 5.74) is 1.38. The normalized spacial score (nSPS) is 16.8. The molecule has 1 atom stereocenters. The Bertz CT molecular complexity index is 1420. The smallest absolute Gasteiger partial charge is 0.332 e. The van der Waals surface area contributed by atoms with Crippen molar-refractivity contribution >= 4 is 62.7 Å². The van der Waals surface area contributed by atoms with Crippen LogP contribution in [-0.2, 0) is 53.4 Å². The fraction of sp³-hybridized carbons (Fsp3) is 0.350. The minimum atomic E-state index is -4.91. The average molecular weight is 570 g/mol. The summed E-state index contributed by atoms with van der Waals surface area (Å²) in [5, 5.41) is 5.99. The summed E-state index contributed by atoms with van der Waals surface area (Å²) in [6.45, 7) is 3.38. The van der Waals surface area contributed by atoms with Crippen LogP contribution in [0, 0.1) is 0 Å². The molecule has 2 aliphatic rings. The van der Waals surface area contributed by atoms with Gasteiger partial charge in [-0.1, -0.05) is 17.0 Å². The number of hydroxylamine groups is 4. The zero-order chi connectivity index (χ0) is 29.5. The van der Waals surface area contributed by atoms with Gasteiger partial charge in [-0.05, 0) is 17.3 Å². The van der Waals surface area contributed by atoms with Gasteiger partial charge in [0.25, 0.3) is 23.6 Å². The average Bonchev–Trinajstić information content (AvgIpc) is 3.46. The van der Waals surface area contributed by atoms with Gasteiger partial charge in [0.15, 0.2) is 0 Å². The van der Waals surface area contributed by atoms with E-state index < -0.39 is 63.3 Å². The molecule has 1 aromatic heterocycles. The second kappa shape index (κ2) is 12.6. The molecule has 19 heteroatoms. The summed E-state index contributed by atoms with van der Waals surface area (Å²) in [7, 11) is -4.91. The molecule has 2 aromatic rings. The Kier molecular flexibility index (Phi) is 9.87. The molecule has 4 rings (SSSR count). The molecule has 210 valence electrons. The maximum Gasteiger partial charge on any atom is 0.332 e. The van der Waals surface area contributed by atoms with E-state index in [1.165, 1.54) is 6.92 Å². The van der Waals surface area contributed by atoms with Crippen LogP contribution in [0.5, 0.6) is 0 Å². The number of amides is 4. The minimum Gasteiger partial charge on any atom is -0.747 e. The molecule has 2 saturated heterocycles.